The first-order valence-corrected chi connectivity index (χ1v) is 11.7. The molecule has 0 atom stereocenters. The second kappa shape index (κ2) is 8.76. The summed E-state index contributed by atoms with van der Waals surface area (Å²) in [5.74, 6) is -0.925. The van der Waals surface area contributed by atoms with Crippen molar-refractivity contribution in [2.45, 2.75) is 38.8 Å². The average Bonchev–Trinajstić information content (AvgIpc) is 3.38. The van der Waals surface area contributed by atoms with Gasteiger partial charge >= 0.3 is 0 Å². The first kappa shape index (κ1) is 23.0. The first-order valence-electron chi connectivity index (χ1n) is 11.7. The molecule has 35 heavy (non-hydrogen) atoms. The van der Waals surface area contributed by atoms with Crippen LogP contribution in [-0.4, -0.2) is 40.3 Å². The molecule has 1 fully saturated rings. The molecule has 0 unspecified atom stereocenters. The van der Waals surface area contributed by atoms with E-state index in [1.54, 1.807) is 38.2 Å². The van der Waals surface area contributed by atoms with Crippen molar-refractivity contribution < 1.29 is 18.4 Å². The van der Waals surface area contributed by atoms with Gasteiger partial charge in [0.15, 0.2) is 5.82 Å². The molecule has 3 aromatic rings. The van der Waals surface area contributed by atoms with E-state index in [2.05, 4.69) is 10.3 Å². The number of carbonyl (C=O) groups excluding carboxylic acids is 2. The summed E-state index contributed by atoms with van der Waals surface area (Å²) in [4.78, 5) is 33.8. The zero-order chi connectivity index (χ0) is 24.7. The van der Waals surface area contributed by atoms with Gasteiger partial charge in [-0.15, -0.1) is 0 Å². The van der Waals surface area contributed by atoms with Crippen LogP contribution >= 0.6 is 0 Å². The van der Waals surface area contributed by atoms with Crippen LogP contribution in [0, 0.1) is 11.6 Å². The van der Waals surface area contributed by atoms with Crippen molar-refractivity contribution in [2.75, 3.05) is 23.3 Å². The minimum absolute atomic E-state index is 0.0259. The van der Waals surface area contributed by atoms with E-state index < -0.39 is 17.2 Å². The highest BCUT2D eigenvalue weighted by molar-refractivity contribution is 6.07. The summed E-state index contributed by atoms with van der Waals surface area (Å²) in [7, 11) is 0. The van der Waals surface area contributed by atoms with Gasteiger partial charge in [0.2, 0.25) is 0 Å². The van der Waals surface area contributed by atoms with Crippen LogP contribution in [0.5, 0.6) is 0 Å². The summed E-state index contributed by atoms with van der Waals surface area (Å²) in [6.45, 7) is 4.88. The molecule has 2 amide bonds. The Kier molecular flexibility index (Phi) is 5.75. The Morgan fingerprint density at radius 1 is 1.03 bits per heavy atom. The standard InChI is InChI=1S/C27H26F2N4O2/c1-27(2)26(35)33(16-20-13-21(28)9-10-22(20)29)23-14-19(15-30-24(23)31-27)17-5-7-18(8-6-17)25(34)32-11-3-4-12-32/h5-10,13-15H,3-4,11-12,16H2,1-2H3,(H,30,31). The molecule has 2 aliphatic rings. The first-order chi connectivity index (χ1) is 16.7. The zero-order valence-corrected chi connectivity index (χ0v) is 19.6. The molecule has 3 heterocycles. The van der Waals surface area contributed by atoms with Crippen LogP contribution in [0.25, 0.3) is 11.1 Å². The largest absolute Gasteiger partial charge is 0.355 e. The van der Waals surface area contributed by atoms with Crippen LogP contribution in [0.4, 0.5) is 20.3 Å². The Labute approximate surface area is 202 Å². The fourth-order valence-corrected chi connectivity index (χ4v) is 4.61. The Hall–Kier alpha value is -3.81. The lowest BCUT2D eigenvalue weighted by molar-refractivity contribution is -0.122. The zero-order valence-electron chi connectivity index (χ0n) is 19.6. The van der Waals surface area contributed by atoms with Crippen LogP contribution in [0.1, 0.15) is 42.6 Å². The third-order valence-corrected chi connectivity index (χ3v) is 6.56. The maximum absolute atomic E-state index is 14.4. The molecule has 1 aromatic heterocycles. The summed E-state index contributed by atoms with van der Waals surface area (Å²) >= 11 is 0. The number of nitrogens with one attached hydrogen (secondary N) is 1. The SMILES string of the molecule is CC1(C)Nc2ncc(-c3ccc(C(=O)N4CCCC4)cc3)cc2N(Cc2cc(F)ccc2F)C1=O. The topological polar surface area (TPSA) is 65.5 Å². The minimum atomic E-state index is -0.969. The van der Waals surface area contributed by atoms with E-state index in [0.717, 1.165) is 55.3 Å². The number of hydrogen-bond donors (Lipinski definition) is 1. The highest BCUT2D eigenvalue weighted by Crippen LogP contribution is 2.37. The van der Waals surface area contributed by atoms with E-state index in [-0.39, 0.29) is 23.9 Å². The summed E-state index contributed by atoms with van der Waals surface area (Å²) in [5.41, 5.74) is 1.78. The number of benzene rings is 2. The van der Waals surface area contributed by atoms with Crippen LogP contribution in [0.3, 0.4) is 0 Å². The molecule has 1 saturated heterocycles. The fraction of sp³-hybridized carbons (Fsp3) is 0.296. The molecule has 0 saturated carbocycles. The highest BCUT2D eigenvalue weighted by atomic mass is 19.1. The van der Waals surface area contributed by atoms with Crippen molar-refractivity contribution >= 4 is 23.3 Å². The molecule has 6 nitrogen and oxygen atoms in total. The van der Waals surface area contributed by atoms with Crippen molar-refractivity contribution in [2.24, 2.45) is 0 Å². The van der Waals surface area contributed by atoms with Crippen molar-refractivity contribution in [1.82, 2.24) is 9.88 Å². The minimum Gasteiger partial charge on any atom is -0.355 e. The van der Waals surface area contributed by atoms with Gasteiger partial charge in [0, 0.05) is 36.0 Å². The summed E-state index contributed by atoms with van der Waals surface area (Å²) < 4.78 is 28.2. The monoisotopic (exact) mass is 476 g/mol. The van der Waals surface area contributed by atoms with Crippen LogP contribution < -0.4 is 10.2 Å². The maximum atomic E-state index is 14.4. The number of rotatable bonds is 4. The number of pyridine rings is 1. The number of fused-ring (bicyclic) bond motifs is 1. The van der Waals surface area contributed by atoms with Gasteiger partial charge in [-0.05, 0) is 68.7 Å². The molecule has 8 heteroatoms. The van der Waals surface area contributed by atoms with Crippen molar-refractivity contribution in [3.63, 3.8) is 0 Å². The summed E-state index contributed by atoms with van der Waals surface area (Å²) in [5, 5.41) is 3.14. The lowest BCUT2D eigenvalue weighted by Gasteiger charge is -2.39. The van der Waals surface area contributed by atoms with Crippen molar-refractivity contribution in [3.8, 4) is 11.1 Å². The summed E-state index contributed by atoms with van der Waals surface area (Å²) in [6, 6.07) is 12.3. The molecule has 0 bridgehead atoms. The molecular formula is C27H26F2N4O2. The van der Waals surface area contributed by atoms with Crippen molar-refractivity contribution in [1.29, 1.82) is 0 Å². The van der Waals surface area contributed by atoms with Crippen LogP contribution in [-0.2, 0) is 11.3 Å². The third kappa shape index (κ3) is 4.36. The molecule has 2 aliphatic heterocycles. The quantitative estimate of drug-likeness (QED) is 0.576. The molecule has 1 N–H and O–H groups in total. The van der Waals surface area contributed by atoms with Gasteiger partial charge in [0.05, 0.1) is 12.2 Å². The lowest BCUT2D eigenvalue weighted by atomic mass is 9.97. The third-order valence-electron chi connectivity index (χ3n) is 6.56. The van der Waals surface area contributed by atoms with Crippen LogP contribution in [0.15, 0.2) is 54.7 Å². The van der Waals surface area contributed by atoms with E-state index in [4.69, 9.17) is 0 Å². The maximum Gasteiger partial charge on any atom is 0.253 e. The normalized spacial score (nSPS) is 16.7. The van der Waals surface area contributed by atoms with Crippen molar-refractivity contribution in [3.05, 3.63) is 77.5 Å². The van der Waals surface area contributed by atoms with Gasteiger partial charge in [-0.3, -0.25) is 9.59 Å². The number of likely N-dealkylation sites (tertiary alicyclic amines) is 1. The number of carbonyl (C=O) groups is 2. The second-order valence-corrected chi connectivity index (χ2v) is 9.55. The van der Waals surface area contributed by atoms with E-state index in [1.165, 1.54) is 4.90 Å². The van der Waals surface area contributed by atoms with E-state index in [9.17, 15) is 18.4 Å². The Morgan fingerprint density at radius 3 is 2.46 bits per heavy atom. The predicted octanol–water partition coefficient (Wildman–Crippen LogP) is 5.00. The average molecular weight is 477 g/mol. The number of anilines is 2. The molecule has 5 rings (SSSR count). The summed E-state index contributed by atoms with van der Waals surface area (Å²) in [6.07, 6.45) is 3.75. The van der Waals surface area contributed by atoms with E-state index in [1.807, 2.05) is 17.0 Å². The molecule has 2 aromatic carbocycles. The molecular weight excluding hydrogens is 450 g/mol. The Bertz CT molecular complexity index is 1300. The van der Waals surface area contributed by atoms with Gasteiger partial charge in [0.1, 0.15) is 17.2 Å². The highest BCUT2D eigenvalue weighted by Gasteiger charge is 2.39. The van der Waals surface area contributed by atoms with Gasteiger partial charge in [0.25, 0.3) is 11.8 Å². The number of nitrogens with zero attached hydrogens (tertiary/aromatic N) is 3. The lowest BCUT2D eigenvalue weighted by Crippen LogP contribution is -2.53. The Balaban J connectivity index is 1.48. The van der Waals surface area contributed by atoms with Crippen LogP contribution in [0.2, 0.25) is 0 Å². The number of hydrogen-bond acceptors (Lipinski definition) is 4. The number of halogens is 2. The fourth-order valence-electron chi connectivity index (χ4n) is 4.61. The van der Waals surface area contributed by atoms with E-state index >= 15 is 0 Å². The molecule has 0 aliphatic carbocycles. The van der Waals surface area contributed by atoms with Gasteiger partial charge < -0.3 is 15.1 Å². The van der Waals surface area contributed by atoms with Gasteiger partial charge in [-0.2, -0.15) is 0 Å². The molecule has 180 valence electrons. The smallest absolute Gasteiger partial charge is 0.253 e. The van der Waals surface area contributed by atoms with E-state index in [0.29, 0.717) is 17.1 Å². The predicted molar refractivity (Wildman–Crippen MR) is 130 cm³/mol. The molecule has 0 spiro atoms. The van der Waals surface area contributed by atoms with Gasteiger partial charge in [-0.1, -0.05) is 12.1 Å². The Morgan fingerprint density at radius 2 is 1.74 bits per heavy atom. The second-order valence-electron chi connectivity index (χ2n) is 9.55. The number of aromatic nitrogens is 1. The molecule has 0 radical (unpaired) electrons. The van der Waals surface area contributed by atoms with Gasteiger partial charge in [-0.25, -0.2) is 13.8 Å². The number of amides is 2.